The highest BCUT2D eigenvalue weighted by Crippen LogP contribution is 2.34. The predicted molar refractivity (Wildman–Crippen MR) is 129 cm³/mol. The fourth-order valence-corrected chi connectivity index (χ4v) is 4.32. The average molecular weight is 444 g/mol. The zero-order chi connectivity index (χ0) is 23.2. The van der Waals surface area contributed by atoms with Crippen LogP contribution < -0.4 is 9.47 Å². The van der Waals surface area contributed by atoms with E-state index in [-0.39, 0.29) is 5.91 Å². The largest absolute Gasteiger partial charge is 0.490 e. The van der Waals surface area contributed by atoms with E-state index in [1.165, 1.54) is 5.56 Å². The van der Waals surface area contributed by atoms with Gasteiger partial charge >= 0.3 is 0 Å². The fourth-order valence-electron chi connectivity index (χ4n) is 4.32. The standard InChI is InChI=1S/C27H29N3O3/c1-3-32-25-16-20-12-15-30(19-22(20)17-26(25)33-4-2)27(31)11-10-21-18-29(14-7-13-28)24-9-6-5-8-23(21)24/h5-6,8-11,16-18H,3-4,7,12,14-15,19H2,1-2H3/b11-10+. The molecular formula is C27H29N3O3. The topological polar surface area (TPSA) is 67.5 Å². The zero-order valence-electron chi connectivity index (χ0n) is 19.2. The number of ether oxygens (including phenoxy) is 2. The fraction of sp³-hybridized carbons (Fsp3) is 0.333. The molecule has 2 heterocycles. The van der Waals surface area contributed by atoms with Crippen LogP contribution in [0.1, 0.15) is 37.0 Å². The summed E-state index contributed by atoms with van der Waals surface area (Å²) in [5.41, 5.74) is 4.35. The maximum atomic E-state index is 13.0. The van der Waals surface area contributed by atoms with Crippen LogP contribution in [-0.2, 0) is 24.3 Å². The number of nitrogens with zero attached hydrogens (tertiary/aromatic N) is 3. The minimum absolute atomic E-state index is 0.0126. The highest BCUT2D eigenvalue weighted by molar-refractivity contribution is 5.96. The first kappa shape index (κ1) is 22.5. The van der Waals surface area contributed by atoms with Crippen LogP contribution in [0.5, 0.6) is 11.5 Å². The molecule has 0 unspecified atom stereocenters. The van der Waals surface area contributed by atoms with Gasteiger partial charge in [0.1, 0.15) is 0 Å². The van der Waals surface area contributed by atoms with Crippen molar-refractivity contribution in [3.05, 3.63) is 65.4 Å². The van der Waals surface area contributed by atoms with Crippen LogP contribution in [0.3, 0.4) is 0 Å². The van der Waals surface area contributed by atoms with Gasteiger partial charge in [-0.25, -0.2) is 0 Å². The summed E-state index contributed by atoms with van der Waals surface area (Å²) in [5.74, 6) is 1.49. The zero-order valence-corrected chi connectivity index (χ0v) is 19.2. The average Bonchev–Trinajstić information content (AvgIpc) is 3.19. The molecule has 4 rings (SSSR count). The lowest BCUT2D eigenvalue weighted by molar-refractivity contribution is -0.126. The van der Waals surface area contributed by atoms with Crippen molar-refractivity contribution >= 4 is 22.9 Å². The SMILES string of the molecule is CCOc1cc2c(cc1OCC)CN(C(=O)/C=C/c1cn(CCC#N)c3ccccc13)CC2. The number of para-hydroxylation sites is 1. The summed E-state index contributed by atoms with van der Waals surface area (Å²) in [7, 11) is 0. The van der Waals surface area contributed by atoms with Crippen LogP contribution in [0, 0.1) is 11.3 Å². The Labute approximate surface area is 194 Å². The Morgan fingerprint density at radius 2 is 1.85 bits per heavy atom. The highest BCUT2D eigenvalue weighted by atomic mass is 16.5. The monoisotopic (exact) mass is 443 g/mol. The van der Waals surface area contributed by atoms with Crippen molar-refractivity contribution in [3.63, 3.8) is 0 Å². The predicted octanol–water partition coefficient (Wildman–Crippen LogP) is 4.95. The van der Waals surface area contributed by atoms with Crippen molar-refractivity contribution < 1.29 is 14.3 Å². The summed E-state index contributed by atoms with van der Waals surface area (Å²) in [6, 6.07) is 14.3. The quantitative estimate of drug-likeness (QED) is 0.462. The molecular weight excluding hydrogens is 414 g/mol. The lowest BCUT2D eigenvalue weighted by Gasteiger charge is -2.29. The molecule has 6 nitrogen and oxygen atoms in total. The summed E-state index contributed by atoms with van der Waals surface area (Å²) >= 11 is 0. The van der Waals surface area contributed by atoms with E-state index in [4.69, 9.17) is 14.7 Å². The molecule has 1 aromatic heterocycles. The van der Waals surface area contributed by atoms with E-state index in [0.29, 0.717) is 39.3 Å². The minimum Gasteiger partial charge on any atom is -0.490 e. The van der Waals surface area contributed by atoms with Crippen LogP contribution in [-0.4, -0.2) is 35.1 Å². The second-order valence-corrected chi connectivity index (χ2v) is 7.98. The lowest BCUT2D eigenvalue weighted by Crippen LogP contribution is -2.34. The molecule has 2 aromatic carbocycles. The number of aryl methyl sites for hydroxylation is 1. The molecule has 170 valence electrons. The second kappa shape index (κ2) is 10.3. The number of hydrogen-bond acceptors (Lipinski definition) is 4. The summed E-state index contributed by atoms with van der Waals surface area (Å²) in [6.45, 7) is 6.91. The van der Waals surface area contributed by atoms with Crippen molar-refractivity contribution in [3.8, 4) is 17.6 Å². The van der Waals surface area contributed by atoms with Gasteiger partial charge in [0, 0.05) is 48.4 Å². The number of hydrogen-bond donors (Lipinski definition) is 0. The summed E-state index contributed by atoms with van der Waals surface area (Å²) in [5, 5.41) is 10.0. The molecule has 1 aliphatic heterocycles. The van der Waals surface area contributed by atoms with Crippen LogP contribution in [0.2, 0.25) is 0 Å². The van der Waals surface area contributed by atoms with Crippen LogP contribution >= 0.6 is 0 Å². The Balaban J connectivity index is 1.53. The Hall–Kier alpha value is -3.72. The molecule has 0 N–H and O–H groups in total. The third-order valence-corrected chi connectivity index (χ3v) is 5.88. The molecule has 0 atom stereocenters. The Kier molecular flexibility index (Phi) is 6.99. The molecule has 0 radical (unpaired) electrons. The Morgan fingerprint density at radius 1 is 1.12 bits per heavy atom. The van der Waals surface area contributed by atoms with Gasteiger partial charge in [0.05, 0.1) is 25.7 Å². The smallest absolute Gasteiger partial charge is 0.246 e. The number of carbonyl (C=O) groups is 1. The first-order valence-electron chi connectivity index (χ1n) is 11.5. The maximum absolute atomic E-state index is 13.0. The molecule has 0 aliphatic carbocycles. The van der Waals surface area contributed by atoms with Crippen LogP contribution in [0.25, 0.3) is 17.0 Å². The summed E-state index contributed by atoms with van der Waals surface area (Å²) < 4.78 is 13.6. The molecule has 33 heavy (non-hydrogen) atoms. The van der Waals surface area contributed by atoms with Gasteiger partial charge in [-0.1, -0.05) is 18.2 Å². The van der Waals surface area contributed by atoms with E-state index in [1.807, 2.05) is 61.4 Å². The van der Waals surface area contributed by atoms with Crippen molar-refractivity contribution in [1.29, 1.82) is 5.26 Å². The molecule has 1 aliphatic rings. The first-order chi connectivity index (χ1) is 16.1. The van der Waals surface area contributed by atoms with Gasteiger partial charge in [-0.3, -0.25) is 4.79 Å². The highest BCUT2D eigenvalue weighted by Gasteiger charge is 2.22. The molecule has 1 amide bonds. The second-order valence-electron chi connectivity index (χ2n) is 7.98. The molecule has 0 spiro atoms. The summed E-state index contributed by atoms with van der Waals surface area (Å²) in [4.78, 5) is 14.9. The maximum Gasteiger partial charge on any atom is 0.246 e. The minimum atomic E-state index is -0.0126. The Morgan fingerprint density at radius 3 is 2.58 bits per heavy atom. The van der Waals surface area contributed by atoms with E-state index in [0.717, 1.165) is 39.9 Å². The van der Waals surface area contributed by atoms with Gasteiger partial charge in [0.15, 0.2) is 11.5 Å². The number of fused-ring (bicyclic) bond motifs is 2. The number of amides is 1. The third-order valence-electron chi connectivity index (χ3n) is 5.88. The number of benzene rings is 2. The van der Waals surface area contributed by atoms with E-state index < -0.39 is 0 Å². The van der Waals surface area contributed by atoms with Gasteiger partial charge in [0.25, 0.3) is 0 Å². The molecule has 6 heteroatoms. The van der Waals surface area contributed by atoms with E-state index >= 15 is 0 Å². The number of nitriles is 1. The molecule has 3 aromatic rings. The number of rotatable bonds is 8. The van der Waals surface area contributed by atoms with Crippen molar-refractivity contribution in [2.75, 3.05) is 19.8 Å². The number of carbonyl (C=O) groups excluding carboxylic acids is 1. The molecule has 0 saturated heterocycles. The summed E-state index contributed by atoms with van der Waals surface area (Å²) in [6.07, 6.45) is 6.78. The van der Waals surface area contributed by atoms with Crippen LogP contribution in [0.4, 0.5) is 0 Å². The van der Waals surface area contributed by atoms with Gasteiger partial charge < -0.3 is 18.9 Å². The van der Waals surface area contributed by atoms with Gasteiger partial charge in [-0.15, -0.1) is 0 Å². The Bertz CT molecular complexity index is 1220. The van der Waals surface area contributed by atoms with Crippen molar-refractivity contribution in [2.45, 2.75) is 39.8 Å². The lowest BCUT2D eigenvalue weighted by atomic mass is 9.98. The first-order valence-corrected chi connectivity index (χ1v) is 11.5. The third kappa shape index (κ3) is 4.88. The van der Waals surface area contributed by atoms with Gasteiger partial charge in [0.2, 0.25) is 5.91 Å². The molecule has 0 saturated carbocycles. The van der Waals surface area contributed by atoms with Crippen LogP contribution in [0.15, 0.2) is 48.7 Å². The van der Waals surface area contributed by atoms with E-state index in [1.54, 1.807) is 6.08 Å². The normalized spacial score (nSPS) is 13.2. The van der Waals surface area contributed by atoms with Crippen molar-refractivity contribution in [1.82, 2.24) is 9.47 Å². The van der Waals surface area contributed by atoms with Crippen molar-refractivity contribution in [2.24, 2.45) is 0 Å². The van der Waals surface area contributed by atoms with Gasteiger partial charge in [-0.2, -0.15) is 5.26 Å². The van der Waals surface area contributed by atoms with E-state index in [2.05, 4.69) is 16.7 Å². The number of aromatic nitrogens is 1. The molecule has 0 fully saturated rings. The molecule has 0 bridgehead atoms. The van der Waals surface area contributed by atoms with E-state index in [9.17, 15) is 4.79 Å². The van der Waals surface area contributed by atoms with Gasteiger partial charge in [-0.05, 0) is 55.7 Å².